The van der Waals surface area contributed by atoms with Crippen LogP contribution in [0.3, 0.4) is 0 Å². The highest BCUT2D eigenvalue weighted by Crippen LogP contribution is 2.43. The molecule has 5 atom stereocenters. The molecule has 0 spiro atoms. The Bertz CT molecular complexity index is 1060. The predicted molar refractivity (Wildman–Crippen MR) is 143 cm³/mol. The summed E-state index contributed by atoms with van der Waals surface area (Å²) in [5.41, 5.74) is 1.94. The highest BCUT2D eigenvalue weighted by molar-refractivity contribution is 8.13. The Hall–Kier alpha value is -2.47. The molecule has 2 bridgehead atoms. The van der Waals surface area contributed by atoms with E-state index >= 15 is 0 Å². The number of carbonyl (C=O) groups is 2. The fourth-order valence-electron chi connectivity index (χ4n) is 5.22. The summed E-state index contributed by atoms with van der Waals surface area (Å²) in [6.45, 7) is 4.50. The van der Waals surface area contributed by atoms with Crippen LogP contribution in [-0.2, 0) is 25.5 Å². The Balaban J connectivity index is 1.60. The molecule has 0 radical (unpaired) electrons. The Morgan fingerprint density at radius 2 is 1.95 bits per heavy atom. The van der Waals surface area contributed by atoms with Gasteiger partial charge in [0.15, 0.2) is 5.79 Å². The van der Waals surface area contributed by atoms with Gasteiger partial charge in [0, 0.05) is 50.7 Å². The normalized spacial score (nSPS) is 32.4. The van der Waals surface area contributed by atoms with Crippen LogP contribution in [-0.4, -0.2) is 60.1 Å². The van der Waals surface area contributed by atoms with E-state index in [1.807, 2.05) is 36.1 Å². The molecule has 0 N–H and O–H groups in total. The van der Waals surface area contributed by atoms with Crippen molar-refractivity contribution in [1.29, 1.82) is 0 Å². The van der Waals surface area contributed by atoms with Gasteiger partial charge in [0.2, 0.25) is 0 Å². The monoisotopic (exact) mass is 527 g/mol. The molecular weight excluding hydrogens is 490 g/mol. The minimum Gasteiger partial charge on any atom is -0.497 e. The summed E-state index contributed by atoms with van der Waals surface area (Å²) < 4.78 is 24.0. The number of allylic oxidation sites excluding steroid dienone is 1. The summed E-state index contributed by atoms with van der Waals surface area (Å²) in [6.07, 6.45) is 5.11. The molecule has 37 heavy (non-hydrogen) atoms. The van der Waals surface area contributed by atoms with Crippen LogP contribution in [0.25, 0.3) is 0 Å². The Morgan fingerprint density at radius 3 is 2.68 bits per heavy atom. The number of hydrogen-bond donors (Lipinski definition) is 0. The molecule has 3 aliphatic heterocycles. The molecule has 0 unspecified atom stereocenters. The van der Waals surface area contributed by atoms with E-state index in [0.29, 0.717) is 25.1 Å². The van der Waals surface area contributed by atoms with Crippen molar-refractivity contribution in [3.63, 3.8) is 0 Å². The molecule has 3 aliphatic rings. The van der Waals surface area contributed by atoms with E-state index in [4.69, 9.17) is 18.9 Å². The van der Waals surface area contributed by atoms with Gasteiger partial charge in [-0.15, -0.1) is 11.8 Å². The molecule has 7 nitrogen and oxygen atoms in total. The summed E-state index contributed by atoms with van der Waals surface area (Å²) in [4.78, 5) is 27.6. The van der Waals surface area contributed by atoms with Crippen LogP contribution in [0.15, 0.2) is 35.9 Å². The molecule has 0 aromatic heterocycles. The molecule has 4 rings (SSSR count). The fourth-order valence-corrected chi connectivity index (χ4v) is 6.32. The van der Waals surface area contributed by atoms with E-state index in [2.05, 4.69) is 18.8 Å². The van der Waals surface area contributed by atoms with Crippen LogP contribution in [0.1, 0.15) is 57.9 Å². The fraction of sp³-hybridized carbons (Fsp3) is 0.586. The zero-order chi connectivity index (χ0) is 26.4. The maximum atomic E-state index is 13.0. The Labute approximate surface area is 224 Å². The second kappa shape index (κ2) is 12.4. The minimum atomic E-state index is -1.08. The number of methoxy groups -OCH3 is 2. The smallest absolute Gasteiger partial charge is 0.330 e. The van der Waals surface area contributed by atoms with E-state index in [1.54, 1.807) is 20.3 Å². The molecule has 0 aliphatic carbocycles. The van der Waals surface area contributed by atoms with Crippen LogP contribution in [0, 0.1) is 17.8 Å². The van der Waals surface area contributed by atoms with Gasteiger partial charge in [-0.05, 0) is 43.9 Å². The van der Waals surface area contributed by atoms with E-state index in [0.717, 1.165) is 42.6 Å². The molecule has 1 aromatic rings. The van der Waals surface area contributed by atoms with Gasteiger partial charge in [-0.2, -0.15) is 0 Å². The number of fused-ring (bicyclic) bond motifs is 2. The van der Waals surface area contributed by atoms with Crippen molar-refractivity contribution < 1.29 is 28.5 Å². The minimum absolute atomic E-state index is 0.0129. The predicted octanol–water partition coefficient (Wildman–Crippen LogP) is 5.33. The van der Waals surface area contributed by atoms with Crippen LogP contribution in [0.5, 0.6) is 5.75 Å². The van der Waals surface area contributed by atoms with Gasteiger partial charge in [-0.1, -0.05) is 36.4 Å². The highest BCUT2D eigenvalue weighted by Gasteiger charge is 2.54. The van der Waals surface area contributed by atoms with E-state index in [9.17, 15) is 9.59 Å². The van der Waals surface area contributed by atoms with Crippen LogP contribution in [0.4, 0.5) is 4.79 Å². The largest absolute Gasteiger partial charge is 0.497 e. The molecular formula is C29H37NO6S. The van der Waals surface area contributed by atoms with Gasteiger partial charge < -0.3 is 23.8 Å². The number of carbonyl (C=O) groups excluding carboxylic acids is 2. The second-order valence-electron chi connectivity index (χ2n) is 10.1. The SMILES string of the molecule is COc1ccc(CN2C(=O)SC[C@@H]2[C@@]2(OC)C[C@H]3C[C@@H](CC[C@H](C)C#CCC/C(C)=C\C(=O)O3)O2)cc1. The van der Waals surface area contributed by atoms with Gasteiger partial charge in [0.25, 0.3) is 5.24 Å². The summed E-state index contributed by atoms with van der Waals surface area (Å²) >= 11 is 1.27. The number of benzene rings is 1. The molecule has 200 valence electrons. The van der Waals surface area contributed by atoms with Gasteiger partial charge in [-0.3, -0.25) is 4.79 Å². The average molecular weight is 528 g/mol. The number of hydrogen-bond acceptors (Lipinski definition) is 7. The first-order chi connectivity index (χ1) is 17.8. The Morgan fingerprint density at radius 1 is 1.16 bits per heavy atom. The summed E-state index contributed by atoms with van der Waals surface area (Å²) in [7, 11) is 3.25. The maximum absolute atomic E-state index is 13.0. The van der Waals surface area contributed by atoms with Crippen molar-refractivity contribution in [3.05, 3.63) is 41.5 Å². The standard InChI is InChI=1S/C29H37NO6S/c1-20-7-5-6-8-21(2)15-27(31)35-25-16-24(12-9-20)36-29(17-25,34-4)26-19-37-28(32)30(26)18-22-10-13-23(33-3)14-11-22/h10-11,13-15,20,24-26H,6,8-9,12,16-19H2,1-4H3/b21-15-/t20-,24-,25-,26-,29-/m1/s1. The van der Waals surface area contributed by atoms with Crippen molar-refractivity contribution in [2.45, 2.75) is 83.0 Å². The van der Waals surface area contributed by atoms with Crippen LogP contribution < -0.4 is 4.74 Å². The number of ether oxygens (including phenoxy) is 4. The molecule has 2 saturated heterocycles. The third-order valence-electron chi connectivity index (χ3n) is 7.31. The quantitative estimate of drug-likeness (QED) is 0.379. The summed E-state index contributed by atoms with van der Waals surface area (Å²) in [6, 6.07) is 7.38. The van der Waals surface area contributed by atoms with Gasteiger partial charge in [0.1, 0.15) is 11.9 Å². The summed E-state index contributed by atoms with van der Waals surface area (Å²) in [5.74, 6) is 6.69. The molecule has 0 saturated carbocycles. The highest BCUT2D eigenvalue weighted by atomic mass is 32.2. The number of rotatable bonds is 5. The van der Waals surface area contributed by atoms with Gasteiger partial charge in [0.05, 0.1) is 19.3 Å². The molecule has 8 heteroatoms. The van der Waals surface area contributed by atoms with Crippen molar-refractivity contribution in [2.24, 2.45) is 5.92 Å². The van der Waals surface area contributed by atoms with Crippen molar-refractivity contribution in [2.75, 3.05) is 20.0 Å². The maximum Gasteiger partial charge on any atom is 0.330 e. The zero-order valence-electron chi connectivity index (χ0n) is 22.2. The van der Waals surface area contributed by atoms with Crippen molar-refractivity contribution in [1.82, 2.24) is 4.90 Å². The van der Waals surface area contributed by atoms with E-state index < -0.39 is 5.79 Å². The first kappa shape index (κ1) is 27.6. The third-order valence-corrected chi connectivity index (χ3v) is 8.27. The topological polar surface area (TPSA) is 74.3 Å². The lowest BCUT2D eigenvalue weighted by molar-refractivity contribution is -0.305. The second-order valence-corrected chi connectivity index (χ2v) is 11.1. The average Bonchev–Trinajstić information content (AvgIpc) is 3.25. The first-order valence-electron chi connectivity index (χ1n) is 13.0. The van der Waals surface area contributed by atoms with Crippen molar-refractivity contribution >= 4 is 23.0 Å². The molecule has 2 fully saturated rings. The summed E-state index contributed by atoms with van der Waals surface area (Å²) in [5, 5.41) is -0.0129. The molecule has 1 amide bonds. The zero-order valence-corrected chi connectivity index (χ0v) is 23.0. The number of nitrogens with zero attached hydrogens (tertiary/aromatic N) is 1. The Kier molecular flexibility index (Phi) is 9.22. The number of esters is 1. The third kappa shape index (κ3) is 6.90. The van der Waals surface area contributed by atoms with Crippen LogP contribution >= 0.6 is 11.8 Å². The van der Waals surface area contributed by atoms with Crippen LogP contribution in [0.2, 0.25) is 0 Å². The lowest BCUT2D eigenvalue weighted by atomic mass is 9.89. The lowest BCUT2D eigenvalue weighted by Crippen LogP contribution is -2.60. The van der Waals surface area contributed by atoms with Crippen molar-refractivity contribution in [3.8, 4) is 17.6 Å². The number of thioether (sulfide) groups is 1. The first-order valence-corrected chi connectivity index (χ1v) is 14.0. The van der Waals surface area contributed by atoms with Gasteiger partial charge >= 0.3 is 5.97 Å². The lowest BCUT2D eigenvalue weighted by Gasteiger charge is -2.48. The number of amides is 1. The van der Waals surface area contributed by atoms with Gasteiger partial charge in [-0.25, -0.2) is 4.79 Å². The molecule has 1 aromatic carbocycles. The van der Waals surface area contributed by atoms with E-state index in [1.165, 1.54) is 11.8 Å². The van der Waals surface area contributed by atoms with E-state index in [-0.39, 0.29) is 35.4 Å². The molecule has 3 heterocycles.